The Hall–Kier alpha value is 0.160. The summed E-state index contributed by atoms with van der Waals surface area (Å²) < 4.78 is 4.99. The summed E-state index contributed by atoms with van der Waals surface area (Å²) in [5.41, 5.74) is 0. The molecule has 1 nitrogen and oxygen atoms in total. The number of hydrogen-bond donors (Lipinski definition) is 0. The number of rotatable bonds is 0. The summed E-state index contributed by atoms with van der Waals surface area (Å²) in [6, 6.07) is 0. The quantitative estimate of drug-likeness (QED) is 0.682. The molecule has 2 aliphatic rings. The monoisotopic (exact) mass is 257 g/mol. The predicted octanol–water partition coefficient (Wildman–Crippen LogP) is 4.30. The maximum Gasteiger partial charge on any atom is 0.0707 e. The predicted molar refractivity (Wildman–Crippen MR) is 68.5 cm³/mol. The Morgan fingerprint density at radius 2 is 1.50 bits per heavy atom. The van der Waals surface area contributed by atoms with Crippen molar-refractivity contribution >= 4 is 47.0 Å². The Labute approximate surface area is 99.8 Å². The smallest absolute Gasteiger partial charge is 0.0707 e. The van der Waals surface area contributed by atoms with E-state index in [1.165, 1.54) is 18.3 Å². The summed E-state index contributed by atoms with van der Waals surface area (Å²) in [4.78, 5) is 2.79. The van der Waals surface area contributed by atoms with Crippen molar-refractivity contribution in [2.45, 2.75) is 9.79 Å². The fourth-order valence-corrected chi connectivity index (χ4v) is 6.08. The standard InChI is InChI=1S/C9H7NS4/c1-10-4-6-7(5-10)14-9(13-6)8-11-2-3-12-8/h2-5H,1H3. The fraction of sp³-hybridized carbons (Fsp3) is 0.111. The molecule has 5 heteroatoms. The molecule has 0 unspecified atom stereocenters. The van der Waals surface area contributed by atoms with E-state index in [0.717, 1.165) is 0 Å². The zero-order chi connectivity index (χ0) is 9.54. The van der Waals surface area contributed by atoms with E-state index in [9.17, 15) is 0 Å². The summed E-state index contributed by atoms with van der Waals surface area (Å²) >= 11 is 7.45. The third-order valence-electron chi connectivity index (χ3n) is 1.86. The summed E-state index contributed by atoms with van der Waals surface area (Å²) in [6.45, 7) is 0. The lowest BCUT2D eigenvalue weighted by Crippen LogP contribution is -1.78. The van der Waals surface area contributed by atoms with Crippen molar-refractivity contribution in [3.05, 3.63) is 31.7 Å². The Balaban J connectivity index is 1.91. The van der Waals surface area contributed by atoms with Gasteiger partial charge in [-0.3, -0.25) is 0 Å². The van der Waals surface area contributed by atoms with Gasteiger partial charge in [0.2, 0.25) is 0 Å². The minimum atomic E-state index is 1.40. The van der Waals surface area contributed by atoms with Gasteiger partial charge >= 0.3 is 0 Å². The number of thioether (sulfide) groups is 4. The highest BCUT2D eigenvalue weighted by Crippen LogP contribution is 2.57. The summed E-state index contributed by atoms with van der Waals surface area (Å²) in [5.74, 6) is 0. The molecule has 0 N–H and O–H groups in total. The van der Waals surface area contributed by atoms with E-state index in [0.29, 0.717) is 0 Å². The van der Waals surface area contributed by atoms with Crippen LogP contribution in [0.25, 0.3) is 0 Å². The van der Waals surface area contributed by atoms with Crippen molar-refractivity contribution in [1.29, 1.82) is 0 Å². The van der Waals surface area contributed by atoms with Crippen molar-refractivity contribution in [1.82, 2.24) is 4.57 Å². The maximum absolute atomic E-state index is 2.19. The highest BCUT2D eigenvalue weighted by Gasteiger charge is 2.23. The lowest BCUT2D eigenvalue weighted by molar-refractivity contribution is 0.916. The maximum atomic E-state index is 2.19. The second kappa shape index (κ2) is 3.63. The van der Waals surface area contributed by atoms with Gasteiger partial charge in [0.25, 0.3) is 0 Å². The van der Waals surface area contributed by atoms with E-state index in [-0.39, 0.29) is 0 Å². The Morgan fingerprint density at radius 3 is 2.07 bits per heavy atom. The van der Waals surface area contributed by atoms with Gasteiger partial charge in [-0.25, -0.2) is 0 Å². The zero-order valence-electron chi connectivity index (χ0n) is 7.39. The van der Waals surface area contributed by atoms with Gasteiger partial charge in [0.1, 0.15) is 0 Å². The van der Waals surface area contributed by atoms with Crippen LogP contribution in [0.1, 0.15) is 0 Å². The highest BCUT2D eigenvalue weighted by molar-refractivity contribution is 8.32. The summed E-state index contributed by atoms with van der Waals surface area (Å²) in [6.07, 6.45) is 4.39. The Bertz CT molecular complexity index is 408. The van der Waals surface area contributed by atoms with Crippen molar-refractivity contribution < 1.29 is 0 Å². The van der Waals surface area contributed by atoms with E-state index in [4.69, 9.17) is 0 Å². The second-order valence-corrected chi connectivity index (χ2v) is 7.39. The molecule has 0 spiro atoms. The van der Waals surface area contributed by atoms with Gasteiger partial charge in [-0.15, -0.1) is 0 Å². The summed E-state index contributed by atoms with van der Waals surface area (Å²) in [5, 5.41) is 4.30. The van der Waals surface area contributed by atoms with Crippen LogP contribution in [0.2, 0.25) is 0 Å². The van der Waals surface area contributed by atoms with Crippen molar-refractivity contribution in [3.8, 4) is 0 Å². The van der Waals surface area contributed by atoms with Gasteiger partial charge in [-0.1, -0.05) is 47.0 Å². The van der Waals surface area contributed by atoms with E-state index >= 15 is 0 Å². The first kappa shape index (κ1) is 9.39. The lowest BCUT2D eigenvalue weighted by atomic mass is 10.7. The molecule has 0 aromatic carbocycles. The van der Waals surface area contributed by atoms with Crippen molar-refractivity contribution in [2.75, 3.05) is 0 Å². The first-order valence-corrected chi connectivity index (χ1v) is 7.46. The van der Waals surface area contributed by atoms with E-state index in [1.807, 2.05) is 47.0 Å². The molecule has 1 aromatic heterocycles. The molecule has 0 fully saturated rings. The van der Waals surface area contributed by atoms with Gasteiger partial charge in [0.05, 0.1) is 8.47 Å². The molecule has 2 aliphatic heterocycles. The minimum absolute atomic E-state index is 1.40. The summed E-state index contributed by atoms with van der Waals surface area (Å²) in [7, 11) is 2.08. The van der Waals surface area contributed by atoms with Crippen LogP contribution in [0.4, 0.5) is 0 Å². The number of aromatic nitrogens is 1. The molecule has 72 valence electrons. The third kappa shape index (κ3) is 1.56. The van der Waals surface area contributed by atoms with Gasteiger partial charge in [0.15, 0.2) is 0 Å². The molecule has 14 heavy (non-hydrogen) atoms. The highest BCUT2D eigenvalue weighted by atomic mass is 32.2. The molecule has 0 radical (unpaired) electrons. The Kier molecular flexibility index (Phi) is 2.43. The fourth-order valence-electron chi connectivity index (χ4n) is 1.29. The zero-order valence-corrected chi connectivity index (χ0v) is 10.7. The molecule has 0 atom stereocenters. The van der Waals surface area contributed by atoms with Crippen molar-refractivity contribution in [2.24, 2.45) is 7.05 Å². The average molecular weight is 257 g/mol. The lowest BCUT2D eigenvalue weighted by Gasteiger charge is -1.99. The second-order valence-electron chi connectivity index (χ2n) is 2.94. The van der Waals surface area contributed by atoms with Gasteiger partial charge in [-0.05, 0) is 10.8 Å². The minimum Gasteiger partial charge on any atom is -0.355 e. The van der Waals surface area contributed by atoms with E-state index in [1.54, 1.807) is 0 Å². The van der Waals surface area contributed by atoms with E-state index in [2.05, 4.69) is 34.8 Å². The van der Waals surface area contributed by atoms with Crippen LogP contribution in [0.5, 0.6) is 0 Å². The topological polar surface area (TPSA) is 4.93 Å². The molecule has 0 saturated heterocycles. The normalized spacial score (nSPS) is 19.5. The number of aryl methyl sites for hydroxylation is 1. The van der Waals surface area contributed by atoms with Crippen LogP contribution >= 0.6 is 47.0 Å². The first-order chi connectivity index (χ1) is 6.83. The van der Waals surface area contributed by atoms with Gasteiger partial charge < -0.3 is 4.57 Å². The van der Waals surface area contributed by atoms with Crippen LogP contribution in [0.3, 0.4) is 0 Å². The largest absolute Gasteiger partial charge is 0.355 e. The molecule has 3 rings (SSSR count). The number of fused-ring (bicyclic) bond motifs is 1. The van der Waals surface area contributed by atoms with E-state index < -0.39 is 0 Å². The molecule has 0 bridgehead atoms. The average Bonchev–Trinajstić information content (AvgIpc) is 2.74. The molecule has 1 aromatic rings. The Morgan fingerprint density at radius 1 is 0.929 bits per heavy atom. The van der Waals surface area contributed by atoms with Crippen LogP contribution < -0.4 is 0 Å². The molecular weight excluding hydrogens is 250 g/mol. The van der Waals surface area contributed by atoms with Gasteiger partial charge in [0, 0.05) is 29.2 Å². The molecule has 0 saturated carbocycles. The van der Waals surface area contributed by atoms with Crippen LogP contribution in [0.15, 0.2) is 41.5 Å². The number of nitrogens with zero attached hydrogens (tertiary/aromatic N) is 1. The van der Waals surface area contributed by atoms with Crippen LogP contribution in [-0.2, 0) is 7.05 Å². The van der Waals surface area contributed by atoms with Crippen LogP contribution in [0, 0.1) is 0 Å². The van der Waals surface area contributed by atoms with Gasteiger partial charge in [-0.2, -0.15) is 0 Å². The SMILES string of the molecule is Cn1cc2c(c1)SC(=C1SC=CS1)S2. The molecule has 3 heterocycles. The first-order valence-electron chi connectivity index (χ1n) is 4.07. The molecular formula is C9H7NS4. The van der Waals surface area contributed by atoms with Crippen LogP contribution in [-0.4, -0.2) is 4.57 Å². The third-order valence-corrected chi connectivity index (χ3v) is 7.01. The number of hydrogen-bond acceptors (Lipinski definition) is 4. The molecule has 0 amide bonds. The van der Waals surface area contributed by atoms with Crippen molar-refractivity contribution in [3.63, 3.8) is 0 Å². The molecule has 0 aliphatic carbocycles.